The van der Waals surface area contributed by atoms with Crippen LogP contribution in [0.1, 0.15) is 25.8 Å². The van der Waals surface area contributed by atoms with Crippen LogP contribution >= 0.6 is 0 Å². The number of rotatable bonds is 5. The SMILES string of the molecule is COc1cc(C)cc(OC)c1NC(=O)CC(C)C. The average molecular weight is 251 g/mol. The number of amides is 1. The maximum absolute atomic E-state index is 11.8. The van der Waals surface area contributed by atoms with Crippen molar-refractivity contribution < 1.29 is 14.3 Å². The van der Waals surface area contributed by atoms with Crippen LogP contribution in [0.5, 0.6) is 11.5 Å². The van der Waals surface area contributed by atoms with Crippen molar-refractivity contribution in [3.8, 4) is 11.5 Å². The number of aryl methyl sites for hydroxylation is 1. The molecule has 0 aliphatic carbocycles. The molecule has 0 radical (unpaired) electrons. The Morgan fingerprint density at radius 2 is 1.72 bits per heavy atom. The third-order valence-corrected chi connectivity index (χ3v) is 2.51. The Hall–Kier alpha value is -1.71. The summed E-state index contributed by atoms with van der Waals surface area (Å²) in [7, 11) is 3.15. The molecule has 1 aromatic carbocycles. The summed E-state index contributed by atoms with van der Waals surface area (Å²) in [5.41, 5.74) is 1.61. The van der Waals surface area contributed by atoms with E-state index in [1.165, 1.54) is 0 Å². The molecule has 0 spiro atoms. The van der Waals surface area contributed by atoms with Gasteiger partial charge in [0.15, 0.2) is 0 Å². The summed E-state index contributed by atoms with van der Waals surface area (Å²) in [6, 6.07) is 3.74. The van der Waals surface area contributed by atoms with Crippen molar-refractivity contribution in [2.75, 3.05) is 19.5 Å². The van der Waals surface area contributed by atoms with Crippen molar-refractivity contribution in [2.45, 2.75) is 27.2 Å². The molecule has 0 heterocycles. The van der Waals surface area contributed by atoms with Crippen molar-refractivity contribution in [1.29, 1.82) is 0 Å². The van der Waals surface area contributed by atoms with E-state index in [4.69, 9.17) is 9.47 Å². The van der Waals surface area contributed by atoms with Gasteiger partial charge in [0.05, 0.1) is 14.2 Å². The lowest BCUT2D eigenvalue weighted by molar-refractivity contribution is -0.116. The van der Waals surface area contributed by atoms with Gasteiger partial charge in [0, 0.05) is 6.42 Å². The Morgan fingerprint density at radius 1 is 1.22 bits per heavy atom. The molecule has 18 heavy (non-hydrogen) atoms. The van der Waals surface area contributed by atoms with E-state index in [9.17, 15) is 4.79 Å². The fraction of sp³-hybridized carbons (Fsp3) is 0.500. The van der Waals surface area contributed by atoms with E-state index >= 15 is 0 Å². The molecular formula is C14H21NO3. The summed E-state index contributed by atoms with van der Waals surface area (Å²) in [6.45, 7) is 5.96. The number of hydrogen-bond acceptors (Lipinski definition) is 3. The number of anilines is 1. The molecule has 1 rings (SSSR count). The molecule has 0 saturated carbocycles. The van der Waals surface area contributed by atoms with E-state index in [0.29, 0.717) is 29.5 Å². The molecule has 0 aromatic heterocycles. The van der Waals surface area contributed by atoms with Crippen LogP contribution in [0.3, 0.4) is 0 Å². The number of nitrogens with one attached hydrogen (secondary N) is 1. The number of benzene rings is 1. The van der Waals surface area contributed by atoms with E-state index in [2.05, 4.69) is 5.32 Å². The van der Waals surface area contributed by atoms with Crippen LogP contribution in [0.2, 0.25) is 0 Å². The van der Waals surface area contributed by atoms with Crippen LogP contribution in [0.4, 0.5) is 5.69 Å². The van der Waals surface area contributed by atoms with Gasteiger partial charge in [-0.3, -0.25) is 4.79 Å². The van der Waals surface area contributed by atoms with Crippen LogP contribution in [0, 0.1) is 12.8 Å². The molecule has 1 aromatic rings. The van der Waals surface area contributed by atoms with Gasteiger partial charge in [0.25, 0.3) is 0 Å². The summed E-state index contributed by atoms with van der Waals surface area (Å²) in [5, 5.41) is 2.85. The molecule has 0 fully saturated rings. The van der Waals surface area contributed by atoms with E-state index < -0.39 is 0 Å². The van der Waals surface area contributed by atoms with Gasteiger partial charge < -0.3 is 14.8 Å². The fourth-order valence-electron chi connectivity index (χ4n) is 1.73. The van der Waals surface area contributed by atoms with Crippen molar-refractivity contribution in [2.24, 2.45) is 5.92 Å². The van der Waals surface area contributed by atoms with Gasteiger partial charge in [-0.25, -0.2) is 0 Å². The van der Waals surface area contributed by atoms with Gasteiger partial charge in [-0.1, -0.05) is 13.8 Å². The second-order valence-electron chi connectivity index (χ2n) is 4.69. The zero-order chi connectivity index (χ0) is 13.7. The van der Waals surface area contributed by atoms with Gasteiger partial charge in [-0.05, 0) is 30.5 Å². The second kappa shape index (κ2) is 6.28. The smallest absolute Gasteiger partial charge is 0.224 e. The maximum Gasteiger partial charge on any atom is 0.224 e. The predicted octanol–water partition coefficient (Wildman–Crippen LogP) is 3.00. The minimum atomic E-state index is -0.0366. The van der Waals surface area contributed by atoms with Crippen molar-refractivity contribution >= 4 is 11.6 Å². The molecule has 0 atom stereocenters. The lowest BCUT2D eigenvalue weighted by Crippen LogP contribution is -2.15. The standard InChI is InChI=1S/C14H21NO3/c1-9(2)6-13(16)15-14-11(17-4)7-10(3)8-12(14)18-5/h7-9H,6H2,1-5H3,(H,15,16). The summed E-state index contributed by atoms with van der Waals surface area (Å²) in [5.74, 6) is 1.51. The minimum absolute atomic E-state index is 0.0366. The van der Waals surface area contributed by atoms with Crippen LogP contribution in [0.15, 0.2) is 12.1 Å². The molecule has 0 bridgehead atoms. The van der Waals surface area contributed by atoms with Gasteiger partial charge in [0.1, 0.15) is 17.2 Å². The summed E-state index contributed by atoms with van der Waals surface area (Å²) in [4.78, 5) is 11.8. The van der Waals surface area contributed by atoms with Crippen LogP contribution in [-0.4, -0.2) is 20.1 Å². The molecule has 0 aliphatic heterocycles. The molecule has 0 aliphatic rings. The highest BCUT2D eigenvalue weighted by Crippen LogP contribution is 2.36. The molecule has 0 unspecified atom stereocenters. The Labute approximate surface area is 108 Å². The lowest BCUT2D eigenvalue weighted by Gasteiger charge is -2.15. The van der Waals surface area contributed by atoms with Crippen molar-refractivity contribution in [3.05, 3.63) is 17.7 Å². The van der Waals surface area contributed by atoms with E-state index in [1.807, 2.05) is 32.9 Å². The average Bonchev–Trinajstić information content (AvgIpc) is 2.29. The number of carbonyl (C=O) groups excluding carboxylic acids is 1. The zero-order valence-electron chi connectivity index (χ0n) is 11.7. The summed E-state index contributed by atoms with van der Waals surface area (Å²) >= 11 is 0. The molecule has 4 nitrogen and oxygen atoms in total. The highest BCUT2D eigenvalue weighted by molar-refractivity contribution is 5.94. The van der Waals surface area contributed by atoms with Crippen LogP contribution in [0.25, 0.3) is 0 Å². The Balaban J connectivity index is 3.02. The van der Waals surface area contributed by atoms with Crippen molar-refractivity contribution in [3.63, 3.8) is 0 Å². The largest absolute Gasteiger partial charge is 0.494 e. The Bertz CT molecular complexity index is 402. The van der Waals surface area contributed by atoms with Crippen LogP contribution < -0.4 is 14.8 Å². The van der Waals surface area contributed by atoms with Gasteiger partial charge in [-0.2, -0.15) is 0 Å². The highest BCUT2D eigenvalue weighted by Gasteiger charge is 2.14. The maximum atomic E-state index is 11.8. The third-order valence-electron chi connectivity index (χ3n) is 2.51. The third kappa shape index (κ3) is 3.65. The van der Waals surface area contributed by atoms with Gasteiger partial charge in [-0.15, -0.1) is 0 Å². The first-order valence-electron chi connectivity index (χ1n) is 6.00. The quantitative estimate of drug-likeness (QED) is 0.875. The number of methoxy groups -OCH3 is 2. The van der Waals surface area contributed by atoms with Crippen molar-refractivity contribution in [1.82, 2.24) is 0 Å². The van der Waals surface area contributed by atoms with E-state index in [-0.39, 0.29) is 5.91 Å². The summed E-state index contributed by atoms with van der Waals surface area (Å²) < 4.78 is 10.6. The molecule has 4 heteroatoms. The molecule has 1 N–H and O–H groups in total. The molecule has 100 valence electrons. The lowest BCUT2D eigenvalue weighted by atomic mass is 10.1. The van der Waals surface area contributed by atoms with E-state index in [0.717, 1.165) is 5.56 Å². The number of carbonyl (C=O) groups is 1. The highest BCUT2D eigenvalue weighted by atomic mass is 16.5. The number of hydrogen-bond donors (Lipinski definition) is 1. The molecule has 0 saturated heterocycles. The van der Waals surface area contributed by atoms with E-state index in [1.54, 1.807) is 14.2 Å². The summed E-state index contributed by atoms with van der Waals surface area (Å²) in [6.07, 6.45) is 0.472. The zero-order valence-corrected chi connectivity index (χ0v) is 11.7. The fourth-order valence-corrected chi connectivity index (χ4v) is 1.73. The molecule has 1 amide bonds. The van der Waals surface area contributed by atoms with Gasteiger partial charge in [0.2, 0.25) is 5.91 Å². The first kappa shape index (κ1) is 14.4. The first-order valence-corrected chi connectivity index (χ1v) is 6.00. The predicted molar refractivity (Wildman–Crippen MR) is 72.4 cm³/mol. The Kier molecular flexibility index (Phi) is 5.01. The topological polar surface area (TPSA) is 47.6 Å². The second-order valence-corrected chi connectivity index (χ2v) is 4.69. The molecular weight excluding hydrogens is 230 g/mol. The minimum Gasteiger partial charge on any atom is -0.494 e. The monoisotopic (exact) mass is 251 g/mol. The van der Waals surface area contributed by atoms with Gasteiger partial charge >= 0.3 is 0 Å². The number of ether oxygens (including phenoxy) is 2. The normalized spacial score (nSPS) is 10.3. The first-order chi connectivity index (χ1) is 8.47. The van der Waals surface area contributed by atoms with Crippen LogP contribution in [-0.2, 0) is 4.79 Å². The Morgan fingerprint density at radius 3 is 2.11 bits per heavy atom.